The van der Waals surface area contributed by atoms with Crippen LogP contribution in [-0.2, 0) is 6.42 Å². The van der Waals surface area contributed by atoms with Crippen LogP contribution < -0.4 is 0 Å². The Morgan fingerprint density at radius 3 is 2.48 bits per heavy atom. The molecule has 5 heteroatoms. The van der Waals surface area contributed by atoms with Gasteiger partial charge in [0.05, 0.1) is 21.3 Å². The van der Waals surface area contributed by atoms with Gasteiger partial charge in [-0.05, 0) is 67.0 Å². The minimum atomic E-state index is -0.547. The van der Waals surface area contributed by atoms with Crippen molar-refractivity contribution in [2.75, 3.05) is 0 Å². The maximum atomic E-state index is 14.6. The highest BCUT2D eigenvalue weighted by molar-refractivity contribution is 7.78. The predicted octanol–water partition coefficient (Wildman–Crippen LogP) is 7.56. The number of halogens is 2. The van der Waals surface area contributed by atoms with Crippen LogP contribution in [0.4, 0.5) is 14.5 Å². The number of benzene rings is 2. The van der Waals surface area contributed by atoms with Crippen LogP contribution in [0.5, 0.6) is 0 Å². The number of hydrogen-bond acceptors (Lipinski definition) is 3. The Bertz CT molecular complexity index is 1100. The minimum absolute atomic E-state index is 0.0501. The molecule has 1 heterocycles. The Morgan fingerprint density at radius 1 is 0.966 bits per heavy atom. The van der Waals surface area contributed by atoms with Crippen LogP contribution in [0.3, 0.4) is 0 Å². The summed E-state index contributed by atoms with van der Waals surface area (Å²) >= 11 is 6.17. The summed E-state index contributed by atoms with van der Waals surface area (Å²) in [7, 11) is 0. The zero-order chi connectivity index (χ0) is 20.6. The summed E-state index contributed by atoms with van der Waals surface area (Å²) < 4.78 is 29.1. The first-order chi connectivity index (χ1) is 14.1. The standard InChI is InChI=1S/C24H19F2NS2/c1-2-3-4-5-20-12-13-21(29-20)11-8-18-14-24(26)22(15-23(18)25)17-6-9-19(10-7-17)27-16-28/h6-7,9-10,12-15H,2-5H2,1H3. The molecular weight excluding hydrogens is 404 g/mol. The zero-order valence-electron chi connectivity index (χ0n) is 16.0. The van der Waals surface area contributed by atoms with Gasteiger partial charge in [0.15, 0.2) is 0 Å². The first-order valence-corrected chi connectivity index (χ1v) is 10.6. The van der Waals surface area contributed by atoms with Crippen molar-refractivity contribution in [3.63, 3.8) is 0 Å². The molecular formula is C24H19F2NS2. The van der Waals surface area contributed by atoms with Gasteiger partial charge in [0.2, 0.25) is 0 Å². The summed E-state index contributed by atoms with van der Waals surface area (Å²) in [5, 5.41) is 2.27. The number of unbranched alkanes of at least 4 members (excludes halogenated alkanes) is 2. The van der Waals surface area contributed by atoms with E-state index in [0.717, 1.165) is 23.8 Å². The molecule has 0 aliphatic carbocycles. The molecule has 0 aliphatic rings. The molecule has 0 radical (unpaired) electrons. The summed E-state index contributed by atoms with van der Waals surface area (Å²) in [5.41, 5.74) is 1.39. The highest BCUT2D eigenvalue weighted by Crippen LogP contribution is 2.27. The highest BCUT2D eigenvalue weighted by atomic mass is 32.1. The van der Waals surface area contributed by atoms with Gasteiger partial charge in [-0.1, -0.05) is 43.7 Å². The smallest absolute Gasteiger partial charge is 0.139 e. The van der Waals surface area contributed by atoms with Gasteiger partial charge in [-0.25, -0.2) is 8.78 Å². The number of rotatable bonds is 6. The van der Waals surface area contributed by atoms with Crippen LogP contribution in [-0.4, -0.2) is 5.16 Å². The van der Waals surface area contributed by atoms with E-state index in [4.69, 9.17) is 0 Å². The molecule has 0 N–H and O–H groups in total. The lowest BCUT2D eigenvalue weighted by Gasteiger charge is -2.05. The molecule has 0 saturated carbocycles. The maximum absolute atomic E-state index is 14.6. The van der Waals surface area contributed by atoms with Gasteiger partial charge in [-0.15, -0.1) is 11.3 Å². The second-order valence-electron chi connectivity index (χ2n) is 6.53. The van der Waals surface area contributed by atoms with Gasteiger partial charge in [-0.3, -0.25) is 0 Å². The molecule has 0 saturated heterocycles. The number of thiophene rings is 1. The Hall–Kier alpha value is -2.64. The zero-order valence-corrected chi connectivity index (χ0v) is 17.6. The third-order valence-electron chi connectivity index (χ3n) is 4.42. The molecule has 1 nitrogen and oxygen atoms in total. The quantitative estimate of drug-likeness (QED) is 0.172. The Kier molecular flexibility index (Phi) is 7.43. The van der Waals surface area contributed by atoms with Crippen molar-refractivity contribution in [2.45, 2.75) is 32.6 Å². The number of isothiocyanates is 1. The first kappa shape index (κ1) is 21.1. The van der Waals surface area contributed by atoms with Crippen LogP contribution in [0.15, 0.2) is 53.5 Å². The van der Waals surface area contributed by atoms with Crippen molar-refractivity contribution in [1.82, 2.24) is 0 Å². The predicted molar refractivity (Wildman–Crippen MR) is 120 cm³/mol. The van der Waals surface area contributed by atoms with Crippen LogP contribution in [0, 0.1) is 23.5 Å². The van der Waals surface area contributed by atoms with E-state index in [1.54, 1.807) is 35.6 Å². The fourth-order valence-electron chi connectivity index (χ4n) is 2.89. The van der Waals surface area contributed by atoms with Crippen LogP contribution >= 0.6 is 23.6 Å². The molecule has 3 aromatic rings. The molecule has 0 fully saturated rings. The fraction of sp³-hybridized carbons (Fsp3) is 0.208. The van der Waals surface area contributed by atoms with E-state index in [2.05, 4.69) is 47.2 Å². The molecule has 0 unspecified atom stereocenters. The molecule has 29 heavy (non-hydrogen) atoms. The minimum Gasteiger partial charge on any atom is -0.206 e. The molecule has 0 bridgehead atoms. The topological polar surface area (TPSA) is 12.4 Å². The molecule has 1 aromatic heterocycles. The molecule has 0 aliphatic heterocycles. The normalized spacial score (nSPS) is 10.2. The molecule has 0 spiro atoms. The number of thiocarbonyl (C=S) groups is 1. The second-order valence-corrected chi connectivity index (χ2v) is 7.89. The number of nitrogens with zero attached hydrogens (tertiary/aromatic N) is 1. The van der Waals surface area contributed by atoms with E-state index in [1.807, 2.05) is 6.07 Å². The van der Waals surface area contributed by atoms with Gasteiger partial charge < -0.3 is 0 Å². The van der Waals surface area contributed by atoms with E-state index in [-0.39, 0.29) is 11.1 Å². The lowest BCUT2D eigenvalue weighted by atomic mass is 10.0. The number of aryl methyl sites for hydroxylation is 1. The monoisotopic (exact) mass is 423 g/mol. The molecule has 0 amide bonds. The van der Waals surface area contributed by atoms with Crippen molar-refractivity contribution in [3.8, 4) is 23.0 Å². The Morgan fingerprint density at radius 2 is 1.76 bits per heavy atom. The van der Waals surface area contributed by atoms with Gasteiger partial charge in [0.1, 0.15) is 11.6 Å². The van der Waals surface area contributed by atoms with E-state index in [1.165, 1.54) is 23.8 Å². The highest BCUT2D eigenvalue weighted by Gasteiger charge is 2.11. The summed E-state index contributed by atoms with van der Waals surface area (Å²) in [5.74, 6) is 4.65. The third kappa shape index (κ3) is 5.68. The number of hydrogen-bond donors (Lipinski definition) is 0. The Labute approximate surface area is 179 Å². The van der Waals surface area contributed by atoms with Crippen molar-refractivity contribution in [3.05, 3.63) is 75.5 Å². The largest absolute Gasteiger partial charge is 0.206 e. The van der Waals surface area contributed by atoms with Gasteiger partial charge in [0.25, 0.3) is 0 Å². The second kappa shape index (κ2) is 10.2. The van der Waals surface area contributed by atoms with Crippen molar-refractivity contribution >= 4 is 34.4 Å². The maximum Gasteiger partial charge on any atom is 0.139 e. The molecule has 3 rings (SSSR count). The summed E-state index contributed by atoms with van der Waals surface area (Å²) in [6.45, 7) is 2.18. The van der Waals surface area contributed by atoms with Crippen molar-refractivity contribution in [1.29, 1.82) is 0 Å². The summed E-state index contributed by atoms with van der Waals surface area (Å²) in [6.07, 6.45) is 4.58. The fourth-order valence-corrected chi connectivity index (χ4v) is 3.90. The average Bonchev–Trinajstić information content (AvgIpc) is 3.17. The van der Waals surface area contributed by atoms with Gasteiger partial charge >= 0.3 is 0 Å². The summed E-state index contributed by atoms with van der Waals surface area (Å²) in [4.78, 5) is 5.98. The van der Waals surface area contributed by atoms with Gasteiger partial charge in [-0.2, -0.15) is 4.99 Å². The van der Waals surface area contributed by atoms with E-state index >= 15 is 0 Å². The molecule has 146 valence electrons. The van der Waals surface area contributed by atoms with Crippen molar-refractivity contribution < 1.29 is 8.78 Å². The van der Waals surface area contributed by atoms with E-state index in [0.29, 0.717) is 11.3 Å². The van der Waals surface area contributed by atoms with Crippen LogP contribution in [0.1, 0.15) is 41.5 Å². The number of aliphatic imine (C=N–C) groups is 1. The van der Waals surface area contributed by atoms with E-state index in [9.17, 15) is 8.78 Å². The van der Waals surface area contributed by atoms with E-state index < -0.39 is 11.6 Å². The van der Waals surface area contributed by atoms with Crippen LogP contribution in [0.2, 0.25) is 0 Å². The van der Waals surface area contributed by atoms with Crippen LogP contribution in [0.25, 0.3) is 11.1 Å². The summed E-state index contributed by atoms with van der Waals surface area (Å²) in [6, 6.07) is 13.0. The third-order valence-corrected chi connectivity index (χ3v) is 5.57. The lowest BCUT2D eigenvalue weighted by Crippen LogP contribution is -1.91. The molecule has 2 aromatic carbocycles. The van der Waals surface area contributed by atoms with Crippen molar-refractivity contribution in [2.24, 2.45) is 4.99 Å². The SMILES string of the molecule is CCCCCc1ccc(C#Cc2cc(F)c(-c3ccc(N=C=S)cc3)cc2F)s1. The van der Waals surface area contributed by atoms with Gasteiger partial charge in [0, 0.05) is 10.4 Å². The Balaban J connectivity index is 1.80. The molecule has 0 atom stereocenters. The lowest BCUT2D eigenvalue weighted by molar-refractivity contribution is 0.600. The first-order valence-electron chi connectivity index (χ1n) is 9.38. The average molecular weight is 424 g/mol.